The number of phenols is 1. The number of amides is 2. The van der Waals surface area contributed by atoms with E-state index in [4.69, 9.17) is 17.3 Å². The fraction of sp³-hybridized carbons (Fsp3) is 0.400. The molecule has 2 aromatic rings. The Morgan fingerprint density at radius 3 is 2.43 bits per heavy atom. The number of likely N-dealkylation sites (N-methyl/N-ethyl adjacent to an activating group) is 1. The number of carbonyl (C=O) groups is 4. The first-order chi connectivity index (χ1) is 19.8. The average molecular weight is 598 g/mol. The zero-order chi connectivity index (χ0) is 30.7. The summed E-state index contributed by atoms with van der Waals surface area (Å²) in [5, 5.41) is 48.4. The van der Waals surface area contributed by atoms with Crippen LogP contribution < -0.4 is 11.1 Å². The molecule has 3 aliphatic carbocycles. The van der Waals surface area contributed by atoms with Gasteiger partial charge in [-0.3, -0.25) is 19.2 Å². The van der Waals surface area contributed by atoms with Crippen LogP contribution in [0.15, 0.2) is 42.0 Å². The van der Waals surface area contributed by atoms with Crippen LogP contribution in [0.5, 0.6) is 5.75 Å². The molecule has 0 heterocycles. The highest BCUT2D eigenvalue weighted by molar-refractivity contribution is 6.27. The van der Waals surface area contributed by atoms with E-state index in [1.54, 1.807) is 25.1 Å². The summed E-state index contributed by atoms with van der Waals surface area (Å²) in [6.07, 6.45) is -1.39. The summed E-state index contributed by atoms with van der Waals surface area (Å²) < 4.78 is 0. The number of carbonyl (C=O) groups excluding carboxylic acids is 4. The van der Waals surface area contributed by atoms with E-state index in [9.17, 15) is 39.6 Å². The molecule has 0 aliphatic heterocycles. The molecule has 11 nitrogen and oxygen atoms in total. The van der Waals surface area contributed by atoms with Crippen molar-refractivity contribution in [2.45, 2.75) is 37.1 Å². The van der Waals surface area contributed by atoms with Crippen molar-refractivity contribution in [3.05, 3.63) is 58.7 Å². The highest BCUT2D eigenvalue weighted by atomic mass is 35.5. The quantitative estimate of drug-likeness (QED) is 0.205. The zero-order valence-corrected chi connectivity index (χ0v) is 23.8. The molecule has 2 amide bonds. The van der Waals surface area contributed by atoms with Crippen molar-refractivity contribution < 1.29 is 39.6 Å². The number of aliphatic hydroxyl groups excluding tert-OH is 2. The van der Waals surface area contributed by atoms with Gasteiger partial charge >= 0.3 is 0 Å². The van der Waals surface area contributed by atoms with Crippen LogP contribution in [-0.4, -0.2) is 86.4 Å². The minimum atomic E-state index is -2.74. The van der Waals surface area contributed by atoms with E-state index in [-0.39, 0.29) is 47.7 Å². The number of nitrogens with one attached hydrogen (secondary N) is 1. The molecule has 0 spiro atoms. The number of aromatic hydroxyl groups is 1. The zero-order valence-electron chi connectivity index (χ0n) is 23.0. The lowest BCUT2D eigenvalue weighted by atomic mass is 9.54. The number of nitrogens with two attached hydrogens (primary N) is 1. The summed E-state index contributed by atoms with van der Waals surface area (Å²) >= 11 is 5.61. The SMILES string of the molecule is CN(C)[C@@H]1C(O)C(C(N)=O)C(=O)[C@@]2(O)C(=O)C3=C(O)c4c(O)c(CNC(=O)CCl)cc(-c5ccccc5)c4C[C@H]3C[C@@H]12. The Labute approximate surface area is 246 Å². The molecule has 2 unspecified atom stereocenters. The standard InChI is InChI=1S/C30H32ClN3O8/c1-34(2)23-18-10-14-8-17-16(13-6-4-3-5-7-13)9-15(12-33-19(35)11-31)24(36)21(17)25(37)20(14)27(39)30(18,42)28(40)22(26(23)38)29(32)41/h3-7,9,14,18,22-23,26,36-38,42H,8,10-12H2,1-2H3,(H2,32,41)(H,33,35)/t14-,18-,22?,23-,26?,30-/m0/s1. The molecular weight excluding hydrogens is 566 g/mol. The molecular formula is C30H32ClN3O8. The second-order valence-electron chi connectivity index (χ2n) is 11.4. The van der Waals surface area contributed by atoms with Crippen molar-refractivity contribution in [2.24, 2.45) is 23.5 Å². The van der Waals surface area contributed by atoms with Gasteiger partial charge in [-0.2, -0.15) is 0 Å². The van der Waals surface area contributed by atoms with Crippen molar-refractivity contribution in [3.63, 3.8) is 0 Å². The van der Waals surface area contributed by atoms with Crippen LogP contribution in [0.2, 0.25) is 0 Å². The lowest BCUT2D eigenvalue weighted by Crippen LogP contribution is -2.73. The fourth-order valence-electron chi connectivity index (χ4n) is 6.98. The average Bonchev–Trinajstić information content (AvgIpc) is 2.94. The minimum absolute atomic E-state index is 0.0146. The molecule has 0 radical (unpaired) electrons. The highest BCUT2D eigenvalue weighted by Crippen LogP contribution is 2.53. The molecule has 42 heavy (non-hydrogen) atoms. The number of nitrogens with zero attached hydrogens (tertiary/aromatic N) is 1. The van der Waals surface area contributed by atoms with Crippen LogP contribution in [0.1, 0.15) is 23.1 Å². The van der Waals surface area contributed by atoms with Gasteiger partial charge < -0.3 is 36.4 Å². The van der Waals surface area contributed by atoms with Crippen LogP contribution in [-0.2, 0) is 32.1 Å². The third-order valence-electron chi connectivity index (χ3n) is 8.85. The molecule has 222 valence electrons. The van der Waals surface area contributed by atoms with Gasteiger partial charge in [-0.25, -0.2) is 0 Å². The lowest BCUT2D eigenvalue weighted by Gasteiger charge is -2.53. The molecule has 7 N–H and O–H groups in total. The number of hydrogen-bond acceptors (Lipinski definition) is 9. The number of fused-ring (bicyclic) bond motifs is 3. The molecule has 12 heteroatoms. The first-order valence-electron chi connectivity index (χ1n) is 13.5. The normalized spacial score (nSPS) is 28.7. The van der Waals surface area contributed by atoms with E-state index >= 15 is 0 Å². The second kappa shape index (κ2) is 10.8. The van der Waals surface area contributed by atoms with Gasteiger partial charge in [-0.1, -0.05) is 30.3 Å². The number of phenolic OH excluding ortho intramolecular Hbond substituents is 1. The van der Waals surface area contributed by atoms with Crippen molar-refractivity contribution >= 4 is 40.7 Å². The molecule has 2 saturated carbocycles. The summed E-state index contributed by atoms with van der Waals surface area (Å²) in [6.45, 7) is -0.127. The molecule has 0 aromatic heterocycles. The van der Waals surface area contributed by atoms with Gasteiger partial charge in [0.2, 0.25) is 17.6 Å². The number of halogens is 1. The summed E-state index contributed by atoms with van der Waals surface area (Å²) in [6, 6.07) is 9.89. The number of rotatable bonds is 6. The molecule has 0 bridgehead atoms. The summed E-state index contributed by atoms with van der Waals surface area (Å²) in [4.78, 5) is 53.3. The van der Waals surface area contributed by atoms with E-state index in [2.05, 4.69) is 5.32 Å². The van der Waals surface area contributed by atoms with Crippen LogP contribution >= 0.6 is 11.6 Å². The summed E-state index contributed by atoms with van der Waals surface area (Å²) in [5.74, 6) is -8.89. The van der Waals surface area contributed by atoms with Crippen LogP contribution in [0, 0.1) is 17.8 Å². The number of ketones is 2. The number of primary amides is 1. The van der Waals surface area contributed by atoms with Crippen molar-refractivity contribution in [1.82, 2.24) is 10.2 Å². The molecule has 2 aromatic carbocycles. The third-order valence-corrected chi connectivity index (χ3v) is 9.09. The topological polar surface area (TPSA) is 190 Å². The molecule has 2 fully saturated rings. The van der Waals surface area contributed by atoms with Gasteiger partial charge in [0.1, 0.15) is 23.3 Å². The molecule has 5 rings (SSSR count). The van der Waals surface area contributed by atoms with Gasteiger partial charge in [0.05, 0.1) is 11.7 Å². The Kier molecular flexibility index (Phi) is 7.65. The van der Waals surface area contributed by atoms with Gasteiger partial charge in [0, 0.05) is 29.6 Å². The maximum Gasteiger partial charge on any atom is 0.235 e. The fourth-order valence-corrected chi connectivity index (χ4v) is 7.07. The Bertz CT molecular complexity index is 1520. The Hall–Kier alpha value is -3.77. The van der Waals surface area contributed by atoms with Crippen molar-refractivity contribution in [2.75, 3.05) is 20.0 Å². The number of hydrogen-bond donors (Lipinski definition) is 6. The Morgan fingerprint density at radius 2 is 1.83 bits per heavy atom. The van der Waals surface area contributed by atoms with E-state index in [0.29, 0.717) is 11.1 Å². The highest BCUT2D eigenvalue weighted by Gasteiger charge is 2.67. The van der Waals surface area contributed by atoms with E-state index in [1.807, 2.05) is 30.3 Å². The summed E-state index contributed by atoms with van der Waals surface area (Å²) in [5.41, 5.74) is 4.58. The predicted molar refractivity (Wildman–Crippen MR) is 152 cm³/mol. The first kappa shape index (κ1) is 29.7. The maximum absolute atomic E-state index is 14.1. The van der Waals surface area contributed by atoms with Gasteiger partial charge in [0.25, 0.3) is 0 Å². The predicted octanol–water partition coefficient (Wildman–Crippen LogP) is 0.651. The van der Waals surface area contributed by atoms with Crippen molar-refractivity contribution in [3.8, 4) is 16.9 Å². The monoisotopic (exact) mass is 597 g/mol. The Morgan fingerprint density at radius 1 is 1.17 bits per heavy atom. The molecule has 3 aliphatic rings. The van der Waals surface area contributed by atoms with E-state index < -0.39 is 64.6 Å². The van der Waals surface area contributed by atoms with E-state index in [0.717, 1.165) is 5.56 Å². The van der Waals surface area contributed by atoms with Gasteiger partial charge in [-0.15, -0.1) is 11.6 Å². The third kappa shape index (κ3) is 4.39. The minimum Gasteiger partial charge on any atom is -0.507 e. The van der Waals surface area contributed by atoms with E-state index in [1.165, 1.54) is 0 Å². The molecule has 6 atom stereocenters. The molecule has 0 saturated heterocycles. The van der Waals surface area contributed by atoms with Gasteiger partial charge in [0.15, 0.2) is 11.4 Å². The largest absolute Gasteiger partial charge is 0.507 e. The maximum atomic E-state index is 14.1. The van der Waals surface area contributed by atoms with Gasteiger partial charge in [-0.05, 0) is 55.6 Å². The second-order valence-corrected chi connectivity index (χ2v) is 11.6. The van der Waals surface area contributed by atoms with Crippen LogP contribution in [0.4, 0.5) is 0 Å². The number of aliphatic hydroxyl groups is 3. The number of benzene rings is 2. The van der Waals surface area contributed by atoms with Crippen LogP contribution in [0.3, 0.4) is 0 Å². The number of alkyl halides is 1. The van der Waals surface area contributed by atoms with Crippen molar-refractivity contribution in [1.29, 1.82) is 0 Å². The lowest BCUT2D eigenvalue weighted by molar-refractivity contribution is -0.184. The smallest absolute Gasteiger partial charge is 0.235 e. The summed E-state index contributed by atoms with van der Waals surface area (Å²) in [7, 11) is 3.20. The Balaban J connectivity index is 1.72. The van der Waals surface area contributed by atoms with Crippen LogP contribution in [0.25, 0.3) is 16.9 Å². The first-order valence-corrected chi connectivity index (χ1v) is 14.0. The number of Topliss-reactive ketones (excluding diaryl/α,β-unsaturated/α-hetero) is 2.